The zero-order valence-electron chi connectivity index (χ0n) is 9.14. The SMILES string of the molecule is Cc1ccc(-c2nc3cc(Br)cnc3o2)cc1. The lowest BCUT2D eigenvalue weighted by atomic mass is 10.1. The summed E-state index contributed by atoms with van der Waals surface area (Å²) in [5, 5.41) is 0. The normalized spacial score (nSPS) is 10.9. The molecule has 0 bridgehead atoms. The number of benzene rings is 1. The van der Waals surface area contributed by atoms with Crippen molar-refractivity contribution in [3.63, 3.8) is 0 Å². The molecular formula is C13H9BrN2O. The summed E-state index contributed by atoms with van der Waals surface area (Å²) >= 11 is 3.36. The van der Waals surface area contributed by atoms with Gasteiger partial charge in [0.1, 0.15) is 5.52 Å². The van der Waals surface area contributed by atoms with Crippen LogP contribution < -0.4 is 0 Å². The van der Waals surface area contributed by atoms with Gasteiger partial charge in [0.2, 0.25) is 11.6 Å². The third-order valence-electron chi connectivity index (χ3n) is 2.51. The standard InChI is InChI=1S/C13H9BrN2O/c1-8-2-4-9(5-3-8)12-16-11-6-10(14)7-15-13(11)17-12/h2-7H,1H3. The molecule has 0 aliphatic carbocycles. The van der Waals surface area contributed by atoms with Crippen LogP contribution in [0.1, 0.15) is 5.56 Å². The summed E-state index contributed by atoms with van der Waals surface area (Å²) in [7, 11) is 0. The Labute approximate surface area is 107 Å². The predicted molar refractivity (Wildman–Crippen MR) is 69.7 cm³/mol. The summed E-state index contributed by atoms with van der Waals surface area (Å²) in [6.07, 6.45) is 1.70. The molecule has 3 rings (SSSR count). The minimum Gasteiger partial charge on any atom is -0.418 e. The molecule has 0 aliphatic heterocycles. The van der Waals surface area contributed by atoms with Crippen molar-refractivity contribution in [1.29, 1.82) is 0 Å². The van der Waals surface area contributed by atoms with Gasteiger partial charge in [-0.1, -0.05) is 17.7 Å². The number of aromatic nitrogens is 2. The van der Waals surface area contributed by atoms with Crippen LogP contribution in [0, 0.1) is 6.92 Å². The molecule has 0 amide bonds. The molecular weight excluding hydrogens is 280 g/mol. The number of pyridine rings is 1. The Bertz CT molecular complexity index is 673. The first-order chi connectivity index (χ1) is 8.22. The van der Waals surface area contributed by atoms with Crippen molar-refractivity contribution in [3.05, 3.63) is 46.6 Å². The molecule has 0 saturated heterocycles. The second-order valence-electron chi connectivity index (χ2n) is 3.86. The number of fused-ring (bicyclic) bond motifs is 1. The van der Waals surface area contributed by atoms with Crippen LogP contribution in [-0.2, 0) is 0 Å². The van der Waals surface area contributed by atoms with Crippen molar-refractivity contribution in [2.75, 3.05) is 0 Å². The van der Waals surface area contributed by atoms with Crippen LogP contribution in [0.15, 0.2) is 45.4 Å². The van der Waals surface area contributed by atoms with Crippen molar-refractivity contribution >= 4 is 27.2 Å². The highest BCUT2D eigenvalue weighted by molar-refractivity contribution is 9.10. The van der Waals surface area contributed by atoms with Crippen LogP contribution in [0.5, 0.6) is 0 Å². The average molecular weight is 289 g/mol. The first kappa shape index (κ1) is 10.5. The molecule has 4 heteroatoms. The van der Waals surface area contributed by atoms with E-state index in [1.807, 2.05) is 30.3 Å². The van der Waals surface area contributed by atoms with Crippen LogP contribution in [0.4, 0.5) is 0 Å². The number of rotatable bonds is 1. The Kier molecular flexibility index (Phi) is 2.44. The van der Waals surface area contributed by atoms with E-state index in [4.69, 9.17) is 4.42 Å². The van der Waals surface area contributed by atoms with Crippen LogP contribution >= 0.6 is 15.9 Å². The van der Waals surface area contributed by atoms with E-state index >= 15 is 0 Å². The van der Waals surface area contributed by atoms with E-state index in [9.17, 15) is 0 Å². The number of oxazole rings is 1. The number of hydrogen-bond donors (Lipinski definition) is 0. The van der Waals surface area contributed by atoms with Crippen molar-refractivity contribution in [2.45, 2.75) is 6.92 Å². The maximum absolute atomic E-state index is 5.61. The molecule has 3 nitrogen and oxygen atoms in total. The molecule has 2 heterocycles. The lowest BCUT2D eigenvalue weighted by Crippen LogP contribution is -1.77. The predicted octanol–water partition coefficient (Wildman–Crippen LogP) is 3.96. The lowest BCUT2D eigenvalue weighted by Gasteiger charge is -1.94. The molecule has 0 saturated carbocycles. The van der Waals surface area contributed by atoms with Gasteiger partial charge in [-0.3, -0.25) is 0 Å². The highest BCUT2D eigenvalue weighted by Gasteiger charge is 2.08. The maximum atomic E-state index is 5.61. The Balaban J connectivity index is 2.14. The summed E-state index contributed by atoms with van der Waals surface area (Å²) in [5.41, 5.74) is 3.49. The quantitative estimate of drug-likeness (QED) is 0.680. The molecule has 84 valence electrons. The Morgan fingerprint density at radius 2 is 1.94 bits per heavy atom. The van der Waals surface area contributed by atoms with Gasteiger partial charge < -0.3 is 4.42 Å². The third-order valence-corrected chi connectivity index (χ3v) is 2.95. The van der Waals surface area contributed by atoms with E-state index in [-0.39, 0.29) is 0 Å². The topological polar surface area (TPSA) is 38.9 Å². The minimum absolute atomic E-state index is 0.559. The fourth-order valence-electron chi connectivity index (χ4n) is 1.62. The number of aryl methyl sites for hydroxylation is 1. The minimum atomic E-state index is 0.559. The van der Waals surface area contributed by atoms with Crippen molar-refractivity contribution in [1.82, 2.24) is 9.97 Å². The van der Waals surface area contributed by atoms with Gasteiger partial charge in [0.25, 0.3) is 0 Å². The van der Waals surface area contributed by atoms with Gasteiger partial charge in [-0.2, -0.15) is 0 Å². The van der Waals surface area contributed by atoms with Crippen molar-refractivity contribution in [3.8, 4) is 11.5 Å². The largest absolute Gasteiger partial charge is 0.418 e. The Morgan fingerprint density at radius 1 is 1.18 bits per heavy atom. The molecule has 0 atom stereocenters. The molecule has 0 spiro atoms. The van der Waals surface area contributed by atoms with Gasteiger partial charge in [-0.05, 0) is 41.1 Å². The average Bonchev–Trinajstić information content (AvgIpc) is 2.72. The zero-order chi connectivity index (χ0) is 11.8. The van der Waals surface area contributed by atoms with Crippen molar-refractivity contribution in [2.24, 2.45) is 0 Å². The van der Waals surface area contributed by atoms with Gasteiger partial charge in [-0.15, -0.1) is 0 Å². The summed E-state index contributed by atoms with van der Waals surface area (Å²) < 4.78 is 6.50. The molecule has 2 aromatic heterocycles. The molecule has 0 fully saturated rings. The van der Waals surface area contributed by atoms with Crippen LogP contribution in [-0.4, -0.2) is 9.97 Å². The van der Waals surface area contributed by atoms with Gasteiger partial charge in [0.15, 0.2) is 0 Å². The summed E-state index contributed by atoms with van der Waals surface area (Å²) in [4.78, 5) is 8.58. The van der Waals surface area contributed by atoms with E-state index in [0.717, 1.165) is 15.6 Å². The van der Waals surface area contributed by atoms with E-state index in [1.165, 1.54) is 5.56 Å². The summed E-state index contributed by atoms with van der Waals surface area (Å²) in [6.45, 7) is 2.05. The molecule has 3 aromatic rings. The monoisotopic (exact) mass is 288 g/mol. The number of nitrogens with zero attached hydrogens (tertiary/aromatic N) is 2. The summed E-state index contributed by atoms with van der Waals surface area (Å²) in [5.74, 6) is 0.602. The first-order valence-electron chi connectivity index (χ1n) is 5.21. The van der Waals surface area contributed by atoms with Gasteiger partial charge in [0.05, 0.1) is 0 Å². The first-order valence-corrected chi connectivity index (χ1v) is 6.01. The molecule has 0 N–H and O–H groups in total. The molecule has 1 aromatic carbocycles. The fraction of sp³-hybridized carbons (Fsp3) is 0.0769. The lowest BCUT2D eigenvalue weighted by molar-refractivity contribution is 0.608. The molecule has 0 radical (unpaired) electrons. The molecule has 0 aliphatic rings. The second-order valence-corrected chi connectivity index (χ2v) is 4.78. The third kappa shape index (κ3) is 1.96. The van der Waals surface area contributed by atoms with Gasteiger partial charge in [0, 0.05) is 16.2 Å². The van der Waals surface area contributed by atoms with E-state index in [0.29, 0.717) is 11.6 Å². The molecule has 0 unspecified atom stereocenters. The van der Waals surface area contributed by atoms with Crippen LogP contribution in [0.2, 0.25) is 0 Å². The fourth-order valence-corrected chi connectivity index (χ4v) is 1.94. The van der Waals surface area contributed by atoms with Crippen LogP contribution in [0.3, 0.4) is 0 Å². The van der Waals surface area contributed by atoms with Crippen molar-refractivity contribution < 1.29 is 4.42 Å². The maximum Gasteiger partial charge on any atom is 0.247 e. The Morgan fingerprint density at radius 3 is 2.71 bits per heavy atom. The number of hydrogen-bond acceptors (Lipinski definition) is 3. The summed E-state index contributed by atoms with van der Waals surface area (Å²) in [6, 6.07) is 9.95. The van der Waals surface area contributed by atoms with E-state index < -0.39 is 0 Å². The van der Waals surface area contributed by atoms with E-state index in [1.54, 1.807) is 6.20 Å². The highest BCUT2D eigenvalue weighted by Crippen LogP contribution is 2.24. The van der Waals surface area contributed by atoms with E-state index in [2.05, 4.69) is 32.8 Å². The van der Waals surface area contributed by atoms with Crippen LogP contribution in [0.25, 0.3) is 22.7 Å². The second kappa shape index (κ2) is 3.96. The van der Waals surface area contributed by atoms with Gasteiger partial charge in [-0.25, -0.2) is 9.97 Å². The Hall–Kier alpha value is -1.68. The zero-order valence-corrected chi connectivity index (χ0v) is 10.7. The van der Waals surface area contributed by atoms with Gasteiger partial charge >= 0.3 is 0 Å². The highest BCUT2D eigenvalue weighted by atomic mass is 79.9. The molecule has 17 heavy (non-hydrogen) atoms. The number of halogens is 1. The smallest absolute Gasteiger partial charge is 0.247 e.